The molecule has 1 heterocycles. The van der Waals surface area contributed by atoms with Crippen molar-refractivity contribution in [1.82, 2.24) is 9.97 Å². The molecule has 0 N–H and O–H groups in total. The third-order valence-corrected chi connectivity index (χ3v) is 5.44. The highest BCUT2D eigenvalue weighted by Crippen LogP contribution is 2.48. The van der Waals surface area contributed by atoms with Gasteiger partial charge >= 0.3 is 0 Å². The topological polar surface area (TPSA) is 25.8 Å². The second-order valence-electron chi connectivity index (χ2n) is 6.81. The molecule has 0 saturated heterocycles. The Labute approximate surface area is 126 Å². The zero-order valence-corrected chi connectivity index (χ0v) is 12.6. The fraction of sp³-hybridized carbons (Fsp3) is 0.474. The Balaban J connectivity index is 1.70. The first-order valence-electron chi connectivity index (χ1n) is 8.18. The Kier molecular flexibility index (Phi) is 3.25. The van der Waals surface area contributed by atoms with Gasteiger partial charge < -0.3 is 0 Å². The second kappa shape index (κ2) is 5.25. The monoisotopic (exact) mass is 278 g/mol. The molecule has 2 nitrogen and oxygen atoms in total. The minimum absolute atomic E-state index is 0.654. The van der Waals surface area contributed by atoms with Crippen molar-refractivity contribution in [3.8, 4) is 11.3 Å². The molecular weight excluding hydrogens is 256 g/mol. The summed E-state index contributed by atoms with van der Waals surface area (Å²) in [5.41, 5.74) is 4.91. The molecule has 108 valence electrons. The van der Waals surface area contributed by atoms with Gasteiger partial charge in [0.2, 0.25) is 0 Å². The van der Waals surface area contributed by atoms with Crippen molar-refractivity contribution in [2.45, 2.75) is 44.9 Å². The maximum atomic E-state index is 4.67. The maximum Gasteiger partial charge on any atom is 0.116 e. The van der Waals surface area contributed by atoms with Gasteiger partial charge in [-0.25, -0.2) is 9.97 Å². The fourth-order valence-corrected chi connectivity index (χ4v) is 4.49. The molecule has 2 aliphatic carbocycles. The van der Waals surface area contributed by atoms with Crippen LogP contribution in [0.15, 0.2) is 36.7 Å². The lowest BCUT2D eigenvalue weighted by Gasteiger charge is -2.28. The van der Waals surface area contributed by atoms with E-state index in [1.54, 1.807) is 6.33 Å². The van der Waals surface area contributed by atoms with Crippen LogP contribution < -0.4 is 0 Å². The molecule has 0 radical (unpaired) electrons. The molecule has 21 heavy (non-hydrogen) atoms. The number of rotatable bonds is 2. The van der Waals surface area contributed by atoms with Crippen molar-refractivity contribution in [1.29, 1.82) is 0 Å². The van der Waals surface area contributed by atoms with Gasteiger partial charge in [0, 0.05) is 11.5 Å². The molecule has 2 saturated carbocycles. The largest absolute Gasteiger partial charge is 0.241 e. The highest BCUT2D eigenvalue weighted by Gasteiger charge is 2.35. The molecule has 4 rings (SSSR count). The molecule has 1 aromatic heterocycles. The van der Waals surface area contributed by atoms with Gasteiger partial charge in [-0.2, -0.15) is 0 Å². The van der Waals surface area contributed by atoms with E-state index in [2.05, 4.69) is 47.2 Å². The first-order valence-corrected chi connectivity index (χ1v) is 8.18. The van der Waals surface area contributed by atoms with Gasteiger partial charge in [0.25, 0.3) is 0 Å². The lowest BCUT2D eigenvalue weighted by atomic mass is 9.78. The van der Waals surface area contributed by atoms with Crippen molar-refractivity contribution in [3.05, 3.63) is 47.9 Å². The average Bonchev–Trinajstić information content (AvgIpc) is 2.87. The molecule has 2 unspecified atom stereocenters. The van der Waals surface area contributed by atoms with Crippen molar-refractivity contribution >= 4 is 0 Å². The van der Waals surface area contributed by atoms with Gasteiger partial charge in [-0.3, -0.25) is 0 Å². The van der Waals surface area contributed by atoms with Gasteiger partial charge in [0.05, 0.1) is 11.4 Å². The summed E-state index contributed by atoms with van der Waals surface area (Å²) in [6, 6.07) is 10.5. The zero-order valence-electron chi connectivity index (χ0n) is 12.6. The van der Waals surface area contributed by atoms with E-state index < -0.39 is 0 Å². The summed E-state index contributed by atoms with van der Waals surface area (Å²) in [4.78, 5) is 9.22. The highest BCUT2D eigenvalue weighted by molar-refractivity contribution is 5.63. The number of nitrogens with zero attached hydrogens (tertiary/aromatic N) is 2. The molecule has 2 aromatic rings. The van der Waals surface area contributed by atoms with E-state index in [1.807, 2.05) is 0 Å². The van der Waals surface area contributed by atoms with Crippen LogP contribution in [0.25, 0.3) is 11.3 Å². The first-order chi connectivity index (χ1) is 10.3. The molecule has 0 aliphatic heterocycles. The van der Waals surface area contributed by atoms with Crippen LogP contribution in [0.5, 0.6) is 0 Å². The molecular formula is C19H22N2. The van der Waals surface area contributed by atoms with Crippen LogP contribution in [0.4, 0.5) is 0 Å². The summed E-state index contributed by atoms with van der Waals surface area (Å²) in [7, 11) is 0. The number of hydrogen-bond donors (Lipinski definition) is 0. The second-order valence-corrected chi connectivity index (χ2v) is 6.81. The maximum absolute atomic E-state index is 4.67. The standard InChI is InChI=1S/C19H22N2/c1-13-18(16-5-3-2-4-6-16)20-12-21-19(13)17-10-14-7-8-15(9-14)11-17/h2-6,12,14-15,17H,7-11H2,1H3. The Bertz CT molecular complexity index is 623. The average molecular weight is 278 g/mol. The van der Waals surface area contributed by atoms with Crippen LogP contribution in [0.1, 0.15) is 49.3 Å². The Morgan fingerprint density at radius 3 is 2.33 bits per heavy atom. The Morgan fingerprint density at radius 1 is 0.905 bits per heavy atom. The molecule has 0 amide bonds. The van der Waals surface area contributed by atoms with E-state index in [-0.39, 0.29) is 0 Å². The molecule has 2 atom stereocenters. The zero-order chi connectivity index (χ0) is 14.2. The van der Waals surface area contributed by atoms with E-state index in [0.29, 0.717) is 5.92 Å². The van der Waals surface area contributed by atoms with E-state index in [4.69, 9.17) is 0 Å². The highest BCUT2D eigenvalue weighted by atomic mass is 14.8. The van der Waals surface area contributed by atoms with Crippen LogP contribution >= 0.6 is 0 Å². The molecule has 0 spiro atoms. The van der Waals surface area contributed by atoms with Crippen LogP contribution in [0.2, 0.25) is 0 Å². The third-order valence-electron chi connectivity index (χ3n) is 5.44. The molecule has 2 fully saturated rings. The Morgan fingerprint density at radius 2 is 1.62 bits per heavy atom. The minimum atomic E-state index is 0.654. The predicted octanol–water partition coefficient (Wildman–Crippen LogP) is 4.75. The lowest BCUT2D eigenvalue weighted by Crippen LogP contribution is -2.17. The van der Waals surface area contributed by atoms with Gasteiger partial charge in [0.15, 0.2) is 0 Å². The van der Waals surface area contributed by atoms with Crippen LogP contribution in [-0.4, -0.2) is 9.97 Å². The van der Waals surface area contributed by atoms with E-state index in [9.17, 15) is 0 Å². The molecule has 2 aliphatic rings. The fourth-order valence-electron chi connectivity index (χ4n) is 4.49. The van der Waals surface area contributed by atoms with Crippen LogP contribution in [0.3, 0.4) is 0 Å². The molecule has 1 aromatic carbocycles. The third kappa shape index (κ3) is 2.37. The summed E-state index contributed by atoms with van der Waals surface area (Å²) in [5, 5.41) is 0. The number of aromatic nitrogens is 2. The van der Waals surface area contributed by atoms with Gasteiger partial charge in [-0.05, 0) is 43.6 Å². The first kappa shape index (κ1) is 13.0. The van der Waals surface area contributed by atoms with Gasteiger partial charge in [0.1, 0.15) is 6.33 Å². The summed E-state index contributed by atoms with van der Waals surface area (Å²) in [5.74, 6) is 2.55. The SMILES string of the molecule is Cc1c(-c2ccccc2)ncnc1C1CC2CCC(C2)C1. The van der Waals surface area contributed by atoms with Gasteiger partial charge in [-0.1, -0.05) is 43.2 Å². The minimum Gasteiger partial charge on any atom is -0.241 e. The van der Waals surface area contributed by atoms with Crippen molar-refractivity contribution in [3.63, 3.8) is 0 Å². The van der Waals surface area contributed by atoms with E-state index in [1.165, 1.54) is 48.9 Å². The van der Waals surface area contributed by atoms with Gasteiger partial charge in [-0.15, -0.1) is 0 Å². The summed E-state index contributed by atoms with van der Waals surface area (Å²) in [6.07, 6.45) is 8.78. The predicted molar refractivity (Wildman–Crippen MR) is 85.0 cm³/mol. The summed E-state index contributed by atoms with van der Waals surface area (Å²) >= 11 is 0. The number of fused-ring (bicyclic) bond motifs is 2. The Hall–Kier alpha value is -1.70. The van der Waals surface area contributed by atoms with Crippen LogP contribution in [0, 0.1) is 18.8 Å². The molecule has 2 heteroatoms. The molecule has 2 bridgehead atoms. The van der Waals surface area contributed by atoms with E-state index in [0.717, 1.165) is 17.5 Å². The quantitative estimate of drug-likeness (QED) is 0.792. The van der Waals surface area contributed by atoms with Crippen molar-refractivity contribution in [2.75, 3.05) is 0 Å². The summed E-state index contributed by atoms with van der Waals surface area (Å²) in [6.45, 7) is 2.20. The van der Waals surface area contributed by atoms with E-state index >= 15 is 0 Å². The summed E-state index contributed by atoms with van der Waals surface area (Å²) < 4.78 is 0. The smallest absolute Gasteiger partial charge is 0.116 e. The normalized spacial score (nSPS) is 27.8. The van der Waals surface area contributed by atoms with Crippen molar-refractivity contribution < 1.29 is 0 Å². The lowest BCUT2D eigenvalue weighted by molar-refractivity contribution is 0.315. The number of benzene rings is 1. The van der Waals surface area contributed by atoms with Crippen molar-refractivity contribution in [2.24, 2.45) is 11.8 Å². The number of hydrogen-bond acceptors (Lipinski definition) is 2. The van der Waals surface area contributed by atoms with Crippen LogP contribution in [-0.2, 0) is 0 Å².